The SMILES string of the molecule is Cc1cncc(C(=O)N2CCOC[C@H]2c2nc(C)no2)c1. The molecule has 1 atom stereocenters. The summed E-state index contributed by atoms with van der Waals surface area (Å²) in [7, 11) is 0. The van der Waals surface area contributed by atoms with Gasteiger partial charge in [-0.1, -0.05) is 5.16 Å². The van der Waals surface area contributed by atoms with Crippen LogP contribution in [0, 0.1) is 13.8 Å². The van der Waals surface area contributed by atoms with Crippen LogP contribution in [0.15, 0.2) is 23.0 Å². The Hall–Kier alpha value is -2.28. The Bertz CT molecular complexity index is 655. The van der Waals surface area contributed by atoms with Crippen molar-refractivity contribution in [2.75, 3.05) is 19.8 Å². The molecule has 7 nitrogen and oxygen atoms in total. The maximum absolute atomic E-state index is 12.7. The van der Waals surface area contributed by atoms with Gasteiger partial charge in [-0.05, 0) is 25.5 Å². The molecule has 1 amide bonds. The fourth-order valence-electron chi connectivity index (χ4n) is 2.34. The van der Waals surface area contributed by atoms with Gasteiger partial charge in [0, 0.05) is 18.9 Å². The molecule has 0 N–H and O–H groups in total. The van der Waals surface area contributed by atoms with E-state index in [-0.39, 0.29) is 11.9 Å². The number of hydrogen-bond acceptors (Lipinski definition) is 6. The summed E-state index contributed by atoms with van der Waals surface area (Å²) in [5.41, 5.74) is 1.50. The van der Waals surface area contributed by atoms with Crippen molar-refractivity contribution in [1.29, 1.82) is 0 Å². The van der Waals surface area contributed by atoms with Crippen LogP contribution >= 0.6 is 0 Å². The van der Waals surface area contributed by atoms with E-state index in [0.717, 1.165) is 5.56 Å². The van der Waals surface area contributed by atoms with Gasteiger partial charge in [0.05, 0.1) is 18.8 Å². The van der Waals surface area contributed by atoms with Crippen LogP contribution < -0.4 is 0 Å². The lowest BCUT2D eigenvalue weighted by Gasteiger charge is -2.33. The lowest BCUT2D eigenvalue weighted by Crippen LogP contribution is -2.43. The molecule has 1 saturated heterocycles. The minimum absolute atomic E-state index is 0.102. The van der Waals surface area contributed by atoms with Crippen LogP contribution in [0.25, 0.3) is 0 Å². The number of carbonyl (C=O) groups excluding carboxylic acids is 1. The van der Waals surface area contributed by atoms with Gasteiger partial charge in [-0.15, -0.1) is 0 Å². The van der Waals surface area contributed by atoms with Gasteiger partial charge in [-0.25, -0.2) is 0 Å². The summed E-state index contributed by atoms with van der Waals surface area (Å²) >= 11 is 0. The average Bonchev–Trinajstić information content (AvgIpc) is 2.93. The lowest BCUT2D eigenvalue weighted by molar-refractivity contribution is -0.0119. The number of pyridine rings is 1. The summed E-state index contributed by atoms with van der Waals surface area (Å²) in [6, 6.07) is 1.47. The maximum atomic E-state index is 12.7. The summed E-state index contributed by atoms with van der Waals surface area (Å²) in [4.78, 5) is 22.7. The summed E-state index contributed by atoms with van der Waals surface area (Å²) in [5, 5.41) is 3.78. The van der Waals surface area contributed by atoms with E-state index in [2.05, 4.69) is 15.1 Å². The molecule has 21 heavy (non-hydrogen) atoms. The molecule has 2 aromatic rings. The zero-order valence-corrected chi connectivity index (χ0v) is 11.9. The number of amides is 1. The van der Waals surface area contributed by atoms with Crippen molar-refractivity contribution in [2.45, 2.75) is 19.9 Å². The minimum Gasteiger partial charge on any atom is -0.377 e. The Morgan fingerprint density at radius 1 is 1.38 bits per heavy atom. The molecule has 0 unspecified atom stereocenters. The van der Waals surface area contributed by atoms with Gasteiger partial charge in [-0.2, -0.15) is 4.98 Å². The Labute approximate surface area is 121 Å². The molecule has 3 heterocycles. The first kappa shape index (κ1) is 13.7. The molecule has 1 fully saturated rings. The molecule has 1 aliphatic rings. The third-order valence-electron chi connectivity index (χ3n) is 3.34. The third-order valence-corrected chi connectivity index (χ3v) is 3.34. The number of aryl methyl sites for hydroxylation is 2. The predicted molar refractivity (Wildman–Crippen MR) is 72.6 cm³/mol. The maximum Gasteiger partial charge on any atom is 0.256 e. The molecule has 2 aromatic heterocycles. The molecular formula is C14H16N4O3. The highest BCUT2D eigenvalue weighted by Gasteiger charge is 2.33. The fourth-order valence-corrected chi connectivity index (χ4v) is 2.34. The van der Waals surface area contributed by atoms with Crippen molar-refractivity contribution in [3.05, 3.63) is 41.3 Å². The van der Waals surface area contributed by atoms with Gasteiger partial charge >= 0.3 is 0 Å². The van der Waals surface area contributed by atoms with Crippen LogP contribution in [-0.4, -0.2) is 45.7 Å². The molecule has 110 valence electrons. The van der Waals surface area contributed by atoms with Crippen molar-refractivity contribution in [1.82, 2.24) is 20.0 Å². The zero-order valence-electron chi connectivity index (χ0n) is 11.9. The van der Waals surface area contributed by atoms with Crippen LogP contribution in [0.3, 0.4) is 0 Å². The molecule has 1 aliphatic heterocycles. The Kier molecular flexibility index (Phi) is 3.66. The van der Waals surface area contributed by atoms with E-state index in [1.54, 1.807) is 24.2 Å². The second-order valence-electron chi connectivity index (χ2n) is 5.02. The minimum atomic E-state index is -0.354. The Morgan fingerprint density at radius 2 is 2.24 bits per heavy atom. The number of rotatable bonds is 2. The van der Waals surface area contributed by atoms with Crippen molar-refractivity contribution in [3.8, 4) is 0 Å². The topological polar surface area (TPSA) is 81.4 Å². The highest BCUT2D eigenvalue weighted by molar-refractivity contribution is 5.94. The van der Waals surface area contributed by atoms with E-state index in [4.69, 9.17) is 9.26 Å². The van der Waals surface area contributed by atoms with Crippen molar-refractivity contribution in [2.24, 2.45) is 0 Å². The summed E-state index contributed by atoms with van der Waals surface area (Å²) in [5.74, 6) is 0.844. The lowest BCUT2D eigenvalue weighted by atomic mass is 10.1. The van der Waals surface area contributed by atoms with Crippen LogP contribution in [0.5, 0.6) is 0 Å². The molecule has 0 saturated carbocycles. The van der Waals surface area contributed by atoms with Crippen LogP contribution in [0.2, 0.25) is 0 Å². The number of aromatic nitrogens is 3. The quantitative estimate of drug-likeness (QED) is 0.828. The molecule has 0 bridgehead atoms. The smallest absolute Gasteiger partial charge is 0.256 e. The van der Waals surface area contributed by atoms with Gasteiger partial charge in [-0.3, -0.25) is 9.78 Å². The summed E-state index contributed by atoms with van der Waals surface area (Å²) < 4.78 is 10.6. The van der Waals surface area contributed by atoms with Crippen LogP contribution in [-0.2, 0) is 4.74 Å². The predicted octanol–water partition coefficient (Wildman–Crippen LogP) is 1.30. The number of morpholine rings is 1. The van der Waals surface area contributed by atoms with E-state index in [1.165, 1.54) is 0 Å². The summed E-state index contributed by atoms with van der Waals surface area (Å²) in [6.45, 7) is 4.98. The molecule has 3 rings (SSSR count). The Morgan fingerprint density at radius 3 is 2.95 bits per heavy atom. The molecule has 0 radical (unpaired) electrons. The fraction of sp³-hybridized carbons (Fsp3) is 0.429. The van der Waals surface area contributed by atoms with Gasteiger partial charge < -0.3 is 14.2 Å². The first-order valence-electron chi connectivity index (χ1n) is 6.76. The standard InChI is InChI=1S/C14H16N4O3/c1-9-5-11(7-15-6-9)14(19)18-3-4-20-8-12(18)13-16-10(2)17-21-13/h5-7,12H,3-4,8H2,1-2H3/t12-/m0/s1. The molecule has 0 aliphatic carbocycles. The van der Waals surface area contributed by atoms with E-state index in [9.17, 15) is 4.79 Å². The highest BCUT2D eigenvalue weighted by Crippen LogP contribution is 2.24. The number of hydrogen-bond donors (Lipinski definition) is 0. The number of carbonyl (C=O) groups is 1. The van der Waals surface area contributed by atoms with Crippen LogP contribution in [0.4, 0.5) is 0 Å². The van der Waals surface area contributed by atoms with Crippen LogP contribution in [0.1, 0.15) is 33.7 Å². The van der Waals surface area contributed by atoms with E-state index < -0.39 is 0 Å². The average molecular weight is 288 g/mol. The number of ether oxygens (including phenoxy) is 1. The van der Waals surface area contributed by atoms with Gasteiger partial charge in [0.25, 0.3) is 11.8 Å². The normalized spacial score (nSPS) is 18.8. The Balaban J connectivity index is 1.89. The molecule has 7 heteroatoms. The van der Waals surface area contributed by atoms with E-state index in [0.29, 0.717) is 37.0 Å². The first-order chi connectivity index (χ1) is 10.1. The molecule has 0 aromatic carbocycles. The zero-order chi connectivity index (χ0) is 14.8. The van der Waals surface area contributed by atoms with Crippen molar-refractivity contribution < 1.29 is 14.1 Å². The van der Waals surface area contributed by atoms with Crippen molar-refractivity contribution >= 4 is 5.91 Å². The van der Waals surface area contributed by atoms with Crippen molar-refractivity contribution in [3.63, 3.8) is 0 Å². The second kappa shape index (κ2) is 5.61. The number of nitrogens with zero attached hydrogens (tertiary/aromatic N) is 4. The van der Waals surface area contributed by atoms with E-state index in [1.807, 2.05) is 13.0 Å². The molecule has 0 spiro atoms. The third kappa shape index (κ3) is 2.78. The van der Waals surface area contributed by atoms with Gasteiger partial charge in [0.1, 0.15) is 6.04 Å². The monoisotopic (exact) mass is 288 g/mol. The summed E-state index contributed by atoms with van der Waals surface area (Å²) in [6.07, 6.45) is 3.29. The van der Waals surface area contributed by atoms with Gasteiger partial charge in [0.15, 0.2) is 5.82 Å². The largest absolute Gasteiger partial charge is 0.377 e. The first-order valence-corrected chi connectivity index (χ1v) is 6.76. The molecular weight excluding hydrogens is 272 g/mol. The highest BCUT2D eigenvalue weighted by atomic mass is 16.5. The van der Waals surface area contributed by atoms with Gasteiger partial charge in [0.2, 0.25) is 0 Å². The van der Waals surface area contributed by atoms with E-state index >= 15 is 0 Å². The second-order valence-corrected chi connectivity index (χ2v) is 5.02.